The normalized spacial score (nSPS) is 21.7. The van der Waals surface area contributed by atoms with E-state index in [2.05, 4.69) is 88.7 Å². The molecule has 2 heteroatoms. The summed E-state index contributed by atoms with van der Waals surface area (Å²) in [4.78, 5) is 2.64. The number of piperidine rings is 1. The number of likely N-dealkylation sites (tertiary alicyclic amines) is 1. The number of rotatable bonds is 2. The van der Waals surface area contributed by atoms with Gasteiger partial charge in [-0.25, -0.2) is 0 Å². The van der Waals surface area contributed by atoms with Crippen LogP contribution >= 0.6 is 22.6 Å². The highest BCUT2D eigenvalue weighted by Crippen LogP contribution is 2.40. The lowest BCUT2D eigenvalue weighted by atomic mass is 9.86. The number of hydrogen-bond acceptors (Lipinski definition) is 1. The molecule has 1 nitrogen and oxygen atoms in total. The van der Waals surface area contributed by atoms with Crippen molar-refractivity contribution in [2.75, 3.05) is 19.6 Å². The van der Waals surface area contributed by atoms with E-state index in [4.69, 9.17) is 0 Å². The fourth-order valence-corrected chi connectivity index (χ4v) is 4.98. The van der Waals surface area contributed by atoms with Gasteiger partial charge in [-0.1, -0.05) is 60.2 Å². The maximum atomic E-state index is 4.13. The van der Waals surface area contributed by atoms with Crippen molar-refractivity contribution < 1.29 is 0 Å². The second kappa shape index (κ2) is 7.06. The molecule has 0 bridgehead atoms. The summed E-state index contributed by atoms with van der Waals surface area (Å²) in [7, 11) is 0. The second-order valence-electron chi connectivity index (χ2n) is 7.99. The van der Waals surface area contributed by atoms with E-state index in [1.165, 1.54) is 75.9 Å². The highest BCUT2D eigenvalue weighted by Gasteiger charge is 2.30. The van der Waals surface area contributed by atoms with Crippen molar-refractivity contribution >= 4 is 40.3 Å². The first-order chi connectivity index (χ1) is 13.2. The lowest BCUT2D eigenvalue weighted by molar-refractivity contribution is 0.249. The number of hydrogen-bond donors (Lipinski definition) is 0. The quantitative estimate of drug-likeness (QED) is 0.320. The van der Waals surface area contributed by atoms with Gasteiger partial charge in [-0.2, -0.15) is 0 Å². The van der Waals surface area contributed by atoms with Crippen LogP contribution < -0.4 is 0 Å². The van der Waals surface area contributed by atoms with Crippen LogP contribution in [0.3, 0.4) is 0 Å². The van der Waals surface area contributed by atoms with Gasteiger partial charge < -0.3 is 4.90 Å². The molecule has 0 amide bonds. The number of fused-ring (bicyclic) bond motifs is 2. The first-order valence-corrected chi connectivity index (χ1v) is 11.0. The lowest BCUT2D eigenvalue weighted by Crippen LogP contribution is -2.32. The number of halogens is 1. The predicted molar refractivity (Wildman–Crippen MR) is 123 cm³/mol. The molecule has 2 aromatic carbocycles. The molecule has 5 rings (SSSR count). The Morgan fingerprint density at radius 2 is 1.67 bits per heavy atom. The highest BCUT2D eigenvalue weighted by atomic mass is 127. The van der Waals surface area contributed by atoms with Crippen LogP contribution in [0.4, 0.5) is 0 Å². The molecule has 2 fully saturated rings. The summed E-state index contributed by atoms with van der Waals surface area (Å²) in [5.41, 5.74) is 10.0. The Morgan fingerprint density at radius 3 is 2.41 bits per heavy atom. The van der Waals surface area contributed by atoms with Gasteiger partial charge >= 0.3 is 0 Å². The van der Waals surface area contributed by atoms with E-state index in [0.29, 0.717) is 0 Å². The Morgan fingerprint density at radius 1 is 0.963 bits per heavy atom. The molecule has 3 aliphatic rings. The third kappa shape index (κ3) is 3.45. The van der Waals surface area contributed by atoms with Crippen molar-refractivity contribution in [3.05, 3.63) is 86.0 Å². The molecule has 136 valence electrons. The zero-order valence-corrected chi connectivity index (χ0v) is 17.7. The summed E-state index contributed by atoms with van der Waals surface area (Å²) in [5, 5.41) is 0. The van der Waals surface area contributed by atoms with E-state index < -0.39 is 0 Å². The molecule has 1 saturated carbocycles. The van der Waals surface area contributed by atoms with E-state index in [1.54, 1.807) is 5.57 Å². The van der Waals surface area contributed by atoms with Crippen LogP contribution in [0.5, 0.6) is 0 Å². The van der Waals surface area contributed by atoms with Crippen LogP contribution in [0, 0.1) is 9.49 Å². The van der Waals surface area contributed by atoms with Gasteiger partial charge in [0.05, 0.1) is 0 Å². The maximum Gasteiger partial charge on any atom is 0.0136 e. The fourth-order valence-electron chi connectivity index (χ4n) is 4.48. The van der Waals surface area contributed by atoms with Crippen molar-refractivity contribution in [2.24, 2.45) is 5.92 Å². The molecule has 1 unspecified atom stereocenters. The molecule has 0 spiro atoms. The van der Waals surface area contributed by atoms with E-state index in [9.17, 15) is 0 Å². The molecular weight excluding hydrogens is 441 g/mol. The summed E-state index contributed by atoms with van der Waals surface area (Å²) >= 11 is 2.44. The molecule has 1 aliphatic heterocycles. The Kier molecular flexibility index (Phi) is 4.57. The minimum Gasteiger partial charge on any atom is -0.302 e. The zero-order valence-electron chi connectivity index (χ0n) is 15.5. The van der Waals surface area contributed by atoms with Gasteiger partial charge in [-0.05, 0) is 87.7 Å². The Balaban J connectivity index is 1.54. The first-order valence-electron chi connectivity index (χ1n) is 9.88. The summed E-state index contributed by atoms with van der Waals surface area (Å²) in [6.07, 6.45) is 8.16. The molecule has 2 aliphatic carbocycles. The minimum atomic E-state index is 0.768. The van der Waals surface area contributed by atoms with Gasteiger partial charge in [0.2, 0.25) is 0 Å². The van der Waals surface area contributed by atoms with Gasteiger partial charge in [0.25, 0.3) is 0 Å². The Bertz CT molecular complexity index is 972. The first kappa shape index (κ1) is 17.4. The van der Waals surface area contributed by atoms with Crippen molar-refractivity contribution in [3.63, 3.8) is 0 Å². The summed E-state index contributed by atoms with van der Waals surface area (Å²) in [5.74, 6) is 0.768. The Hall–Kier alpha value is -1.65. The van der Waals surface area contributed by atoms with Crippen LogP contribution in [0.25, 0.3) is 17.7 Å². The smallest absolute Gasteiger partial charge is 0.0136 e. The molecule has 0 N–H and O–H groups in total. The van der Waals surface area contributed by atoms with Gasteiger partial charge in [-0.15, -0.1) is 0 Å². The van der Waals surface area contributed by atoms with Gasteiger partial charge in [-0.3, -0.25) is 0 Å². The summed E-state index contributed by atoms with van der Waals surface area (Å²) in [6.45, 7) is 7.70. The van der Waals surface area contributed by atoms with E-state index >= 15 is 0 Å². The molecule has 1 saturated heterocycles. The highest BCUT2D eigenvalue weighted by molar-refractivity contribution is 14.1. The zero-order chi connectivity index (χ0) is 18.4. The predicted octanol–water partition coefficient (Wildman–Crippen LogP) is 6.25. The minimum absolute atomic E-state index is 0.768. The molecule has 0 radical (unpaired) electrons. The molecule has 1 atom stereocenters. The third-order valence-electron chi connectivity index (χ3n) is 6.17. The molecule has 27 heavy (non-hydrogen) atoms. The van der Waals surface area contributed by atoms with Crippen molar-refractivity contribution in [3.8, 4) is 0 Å². The summed E-state index contributed by atoms with van der Waals surface area (Å²) < 4.78 is 1.31. The van der Waals surface area contributed by atoms with Crippen molar-refractivity contribution in [1.29, 1.82) is 0 Å². The van der Waals surface area contributed by atoms with Crippen molar-refractivity contribution in [1.82, 2.24) is 4.90 Å². The lowest BCUT2D eigenvalue weighted by Gasteiger charge is -2.30. The second-order valence-corrected chi connectivity index (χ2v) is 9.24. The van der Waals surface area contributed by atoms with Gasteiger partial charge in [0.1, 0.15) is 0 Å². The average molecular weight is 465 g/mol. The molecular formula is C25H24IN. The average Bonchev–Trinajstić information content (AvgIpc) is 3.41. The van der Waals surface area contributed by atoms with E-state index in [1.807, 2.05) is 0 Å². The molecule has 0 aromatic heterocycles. The van der Waals surface area contributed by atoms with Crippen LogP contribution in [0.2, 0.25) is 0 Å². The van der Waals surface area contributed by atoms with Crippen LogP contribution in [0.1, 0.15) is 41.5 Å². The third-order valence-corrected chi connectivity index (χ3v) is 6.85. The van der Waals surface area contributed by atoms with Gasteiger partial charge in [0, 0.05) is 23.2 Å². The van der Waals surface area contributed by atoms with E-state index in [0.717, 1.165) is 5.92 Å². The van der Waals surface area contributed by atoms with Crippen LogP contribution in [-0.4, -0.2) is 24.5 Å². The fraction of sp³-hybridized carbons (Fsp3) is 0.280. The van der Waals surface area contributed by atoms with Crippen LogP contribution in [0.15, 0.2) is 60.2 Å². The van der Waals surface area contributed by atoms with E-state index in [-0.39, 0.29) is 0 Å². The topological polar surface area (TPSA) is 3.24 Å². The standard InChI is InChI=1S/C25H24IN/c1-17-14-21(17)16-27-12-10-20(11-13-27)25-23-5-3-2-4-18(23)6-7-19-8-9-22(26)15-24(19)25/h2-9,15,21H,1,10-14,16H2. The largest absolute Gasteiger partial charge is 0.302 e. The van der Waals surface area contributed by atoms with Crippen LogP contribution in [-0.2, 0) is 0 Å². The maximum absolute atomic E-state index is 4.13. The Labute approximate surface area is 175 Å². The molecule has 2 aromatic rings. The molecule has 1 heterocycles. The van der Waals surface area contributed by atoms with Gasteiger partial charge in [0.15, 0.2) is 0 Å². The SMILES string of the molecule is C=C1CC1CN1CCC(=C2c3ccccc3C=Cc3ccc(I)cc32)CC1. The monoisotopic (exact) mass is 465 g/mol. The summed E-state index contributed by atoms with van der Waals surface area (Å²) in [6, 6.07) is 15.7. The number of nitrogens with zero attached hydrogens (tertiary/aromatic N) is 1. The van der Waals surface area contributed by atoms with Crippen molar-refractivity contribution in [2.45, 2.75) is 19.3 Å². The number of benzene rings is 2.